The zero-order valence-corrected chi connectivity index (χ0v) is 13.3. The molecule has 0 saturated heterocycles. The van der Waals surface area contributed by atoms with Crippen LogP contribution in [0.2, 0.25) is 0 Å². The van der Waals surface area contributed by atoms with Crippen LogP contribution in [-0.2, 0) is 0 Å². The largest absolute Gasteiger partial charge is 0.485 e. The summed E-state index contributed by atoms with van der Waals surface area (Å²) in [6.45, 7) is 0. The van der Waals surface area contributed by atoms with Gasteiger partial charge in [0.05, 0.1) is 0 Å². The van der Waals surface area contributed by atoms with Gasteiger partial charge in [-0.3, -0.25) is 0 Å². The van der Waals surface area contributed by atoms with E-state index in [2.05, 4.69) is 46.3 Å². The van der Waals surface area contributed by atoms with E-state index in [1.165, 1.54) is 24.0 Å². The number of rotatable bonds is 2. The quantitative estimate of drug-likeness (QED) is 0.845. The van der Waals surface area contributed by atoms with E-state index in [1.54, 1.807) is 0 Å². The molecule has 3 heteroatoms. The molecule has 1 unspecified atom stereocenters. The molecule has 1 fully saturated rings. The molecule has 21 heavy (non-hydrogen) atoms. The van der Waals surface area contributed by atoms with Crippen LogP contribution in [0.1, 0.15) is 54.0 Å². The van der Waals surface area contributed by atoms with Crippen LogP contribution in [0.5, 0.6) is 5.75 Å². The Morgan fingerprint density at radius 1 is 1.05 bits per heavy atom. The molecular weight excluding hydrogens is 326 g/mol. The highest BCUT2D eigenvalue weighted by Gasteiger charge is 2.29. The molecule has 1 aliphatic heterocycles. The van der Waals surface area contributed by atoms with Crippen LogP contribution in [0.4, 0.5) is 0 Å². The van der Waals surface area contributed by atoms with E-state index >= 15 is 0 Å². The first-order valence-electron chi connectivity index (χ1n) is 7.52. The summed E-state index contributed by atoms with van der Waals surface area (Å²) in [5.41, 5.74) is 10.1. The third kappa shape index (κ3) is 2.60. The van der Waals surface area contributed by atoms with Crippen LogP contribution >= 0.6 is 15.9 Å². The molecule has 2 aromatic carbocycles. The number of hydrogen-bond donors (Lipinski definition) is 1. The lowest BCUT2D eigenvalue weighted by atomic mass is 9.92. The molecule has 2 aliphatic rings. The topological polar surface area (TPSA) is 35.2 Å². The molecule has 2 atom stereocenters. The monoisotopic (exact) mass is 343 g/mol. The molecule has 0 aromatic heterocycles. The van der Waals surface area contributed by atoms with Gasteiger partial charge in [-0.1, -0.05) is 46.3 Å². The van der Waals surface area contributed by atoms with E-state index < -0.39 is 0 Å². The minimum absolute atomic E-state index is 0.0384. The molecule has 0 spiro atoms. The minimum atomic E-state index is 0.0384. The van der Waals surface area contributed by atoms with E-state index in [4.69, 9.17) is 10.5 Å². The molecule has 2 N–H and O–H groups in total. The molecular formula is C18H18BrNO. The summed E-state index contributed by atoms with van der Waals surface area (Å²) in [6.07, 6.45) is 3.54. The molecule has 2 nitrogen and oxygen atoms in total. The number of hydrogen-bond acceptors (Lipinski definition) is 2. The number of benzene rings is 2. The number of halogens is 1. The van der Waals surface area contributed by atoms with Gasteiger partial charge in [-0.2, -0.15) is 0 Å². The third-order valence-electron chi connectivity index (χ3n) is 4.44. The van der Waals surface area contributed by atoms with Crippen molar-refractivity contribution in [2.75, 3.05) is 0 Å². The average Bonchev–Trinajstić information content (AvgIpc) is 3.31. The van der Waals surface area contributed by atoms with Gasteiger partial charge in [-0.15, -0.1) is 0 Å². The van der Waals surface area contributed by atoms with Gasteiger partial charge in [-0.05, 0) is 42.0 Å². The first-order chi connectivity index (χ1) is 10.2. The Bertz CT molecular complexity index is 681. The van der Waals surface area contributed by atoms with Gasteiger partial charge < -0.3 is 10.5 Å². The van der Waals surface area contributed by atoms with Gasteiger partial charge in [0, 0.05) is 22.5 Å². The predicted molar refractivity (Wildman–Crippen MR) is 87.5 cm³/mol. The average molecular weight is 344 g/mol. The second-order valence-electron chi connectivity index (χ2n) is 6.08. The Labute approximate surface area is 133 Å². The van der Waals surface area contributed by atoms with Crippen molar-refractivity contribution in [1.29, 1.82) is 0 Å². The Hall–Kier alpha value is -1.32. The number of nitrogens with two attached hydrogens (primary N) is 1. The second-order valence-corrected chi connectivity index (χ2v) is 6.99. The van der Waals surface area contributed by atoms with E-state index in [1.807, 2.05) is 12.1 Å². The smallest absolute Gasteiger partial charge is 0.126 e. The molecule has 1 heterocycles. The van der Waals surface area contributed by atoms with Crippen molar-refractivity contribution in [2.24, 2.45) is 5.73 Å². The summed E-state index contributed by atoms with van der Waals surface area (Å²) in [4.78, 5) is 0. The lowest BCUT2D eigenvalue weighted by Gasteiger charge is -2.31. The van der Waals surface area contributed by atoms with Gasteiger partial charge >= 0.3 is 0 Å². The fraction of sp³-hybridized carbons (Fsp3) is 0.333. The van der Waals surface area contributed by atoms with Crippen LogP contribution in [0.25, 0.3) is 0 Å². The van der Waals surface area contributed by atoms with Gasteiger partial charge in [-0.25, -0.2) is 0 Å². The maximum atomic E-state index is 6.34. The molecule has 0 radical (unpaired) electrons. The number of ether oxygens (including phenoxy) is 1. The van der Waals surface area contributed by atoms with Crippen molar-refractivity contribution in [3.63, 3.8) is 0 Å². The third-order valence-corrected chi connectivity index (χ3v) is 4.94. The summed E-state index contributed by atoms with van der Waals surface area (Å²) in [5.74, 6) is 1.67. The summed E-state index contributed by atoms with van der Waals surface area (Å²) >= 11 is 3.50. The molecule has 4 rings (SSSR count). The standard InChI is InChI=1S/C18H18BrNO/c19-14-6-7-15-16(20)10-17(21-18(15)9-14)13-3-1-2-12(8-13)11-4-5-11/h1-3,6-9,11,16-17H,4-5,10,20H2/t16-,17?/m1/s1. The van der Waals surface area contributed by atoms with Crippen LogP contribution < -0.4 is 10.5 Å². The van der Waals surface area contributed by atoms with Crippen molar-refractivity contribution in [2.45, 2.75) is 37.3 Å². The van der Waals surface area contributed by atoms with E-state index in [-0.39, 0.29) is 12.1 Å². The normalized spacial score (nSPS) is 24.3. The summed E-state index contributed by atoms with van der Waals surface area (Å²) < 4.78 is 7.24. The SMILES string of the molecule is N[C@@H]1CC(c2cccc(C3CC3)c2)Oc2cc(Br)ccc21. The Morgan fingerprint density at radius 3 is 2.67 bits per heavy atom. The highest BCUT2D eigenvalue weighted by molar-refractivity contribution is 9.10. The zero-order chi connectivity index (χ0) is 14.4. The van der Waals surface area contributed by atoms with E-state index in [0.29, 0.717) is 0 Å². The van der Waals surface area contributed by atoms with E-state index in [0.717, 1.165) is 28.1 Å². The van der Waals surface area contributed by atoms with Gasteiger partial charge in [0.1, 0.15) is 11.9 Å². The van der Waals surface area contributed by atoms with Crippen molar-refractivity contribution in [3.8, 4) is 5.75 Å². The van der Waals surface area contributed by atoms with Crippen LogP contribution in [0.15, 0.2) is 46.9 Å². The lowest BCUT2D eigenvalue weighted by molar-refractivity contribution is 0.161. The number of fused-ring (bicyclic) bond motifs is 1. The molecule has 0 bridgehead atoms. The Balaban J connectivity index is 1.66. The highest BCUT2D eigenvalue weighted by Crippen LogP contribution is 2.43. The van der Waals surface area contributed by atoms with Gasteiger partial charge in [0.25, 0.3) is 0 Å². The molecule has 0 amide bonds. The minimum Gasteiger partial charge on any atom is -0.485 e. The van der Waals surface area contributed by atoms with Gasteiger partial charge in [0.15, 0.2) is 0 Å². The fourth-order valence-electron chi connectivity index (χ4n) is 3.11. The Morgan fingerprint density at radius 2 is 1.86 bits per heavy atom. The maximum Gasteiger partial charge on any atom is 0.126 e. The zero-order valence-electron chi connectivity index (χ0n) is 11.8. The van der Waals surface area contributed by atoms with Crippen molar-refractivity contribution in [3.05, 3.63) is 63.6 Å². The summed E-state index contributed by atoms with van der Waals surface area (Å²) in [5, 5.41) is 0. The van der Waals surface area contributed by atoms with Crippen LogP contribution in [-0.4, -0.2) is 0 Å². The first-order valence-corrected chi connectivity index (χ1v) is 8.31. The molecule has 1 saturated carbocycles. The molecule has 108 valence electrons. The van der Waals surface area contributed by atoms with Crippen LogP contribution in [0.3, 0.4) is 0 Å². The Kier molecular flexibility index (Phi) is 3.27. The summed E-state index contributed by atoms with van der Waals surface area (Å²) in [7, 11) is 0. The van der Waals surface area contributed by atoms with Gasteiger partial charge in [0.2, 0.25) is 0 Å². The first kappa shape index (κ1) is 13.4. The lowest BCUT2D eigenvalue weighted by Crippen LogP contribution is -2.24. The summed E-state index contributed by atoms with van der Waals surface area (Å²) in [6, 6.07) is 15.0. The predicted octanol–water partition coefficient (Wildman–Crippen LogP) is 4.85. The van der Waals surface area contributed by atoms with Crippen molar-refractivity contribution >= 4 is 15.9 Å². The maximum absolute atomic E-state index is 6.34. The molecule has 1 aliphatic carbocycles. The van der Waals surface area contributed by atoms with Crippen molar-refractivity contribution < 1.29 is 4.74 Å². The molecule has 2 aromatic rings. The second kappa shape index (κ2) is 5.15. The highest BCUT2D eigenvalue weighted by atomic mass is 79.9. The van der Waals surface area contributed by atoms with E-state index in [9.17, 15) is 0 Å². The van der Waals surface area contributed by atoms with Crippen molar-refractivity contribution in [1.82, 2.24) is 0 Å². The fourth-order valence-corrected chi connectivity index (χ4v) is 3.45. The van der Waals surface area contributed by atoms with Crippen LogP contribution in [0, 0.1) is 0 Å².